The summed E-state index contributed by atoms with van der Waals surface area (Å²) in [6, 6.07) is 6.72. The molecule has 1 heterocycles. The number of ether oxygens (including phenoxy) is 1. The lowest BCUT2D eigenvalue weighted by Crippen LogP contribution is -1.97. The molecule has 2 rings (SSSR count). The van der Waals surface area contributed by atoms with E-state index >= 15 is 0 Å². The highest BCUT2D eigenvalue weighted by Gasteiger charge is 2.11. The average Bonchev–Trinajstić information content (AvgIpc) is 2.78. The van der Waals surface area contributed by atoms with Crippen LogP contribution in [0, 0.1) is 0 Å². The van der Waals surface area contributed by atoms with Crippen LogP contribution in [0.1, 0.15) is 10.5 Å². The maximum absolute atomic E-state index is 11.7. The van der Waals surface area contributed by atoms with Crippen molar-refractivity contribution in [2.24, 2.45) is 0 Å². The van der Waals surface area contributed by atoms with E-state index in [0.717, 1.165) is 5.39 Å². The summed E-state index contributed by atoms with van der Waals surface area (Å²) in [7, 11) is 0. The monoisotopic (exact) mass is 235 g/mol. The van der Waals surface area contributed by atoms with Crippen molar-refractivity contribution in [1.82, 2.24) is 4.98 Å². The molecule has 4 nitrogen and oxygen atoms in total. The minimum Gasteiger partial charge on any atom is -0.490 e. The van der Waals surface area contributed by atoms with Gasteiger partial charge >= 0.3 is 5.97 Å². The Bertz CT molecular complexity index is 562. The molecule has 0 aliphatic carbocycles. The van der Waals surface area contributed by atoms with Gasteiger partial charge in [-0.2, -0.15) is 0 Å². The molecule has 0 amide bonds. The Labute approximate surface area is 96.5 Å². The molecule has 1 aromatic carbocycles. The molecule has 0 aliphatic rings. The van der Waals surface area contributed by atoms with Crippen molar-refractivity contribution in [2.75, 3.05) is 6.61 Å². The molecule has 0 bridgehead atoms. The Morgan fingerprint density at radius 1 is 1.47 bits per heavy atom. The summed E-state index contributed by atoms with van der Waals surface area (Å²) < 4.78 is 17.1. The van der Waals surface area contributed by atoms with E-state index < -0.39 is 5.97 Å². The summed E-state index contributed by atoms with van der Waals surface area (Å²) in [6.07, 6.45) is 1.63. The first kappa shape index (κ1) is 11.2. The van der Waals surface area contributed by atoms with Crippen LogP contribution in [0.25, 0.3) is 10.9 Å². The molecule has 0 saturated heterocycles. The summed E-state index contributed by atoms with van der Waals surface area (Å²) in [6.45, 7) is 3.94. The normalized spacial score (nSPS) is 10.2. The molecule has 5 heteroatoms. The van der Waals surface area contributed by atoms with Crippen molar-refractivity contribution in [3.63, 3.8) is 0 Å². The van der Waals surface area contributed by atoms with E-state index in [1.165, 1.54) is 6.07 Å². The first-order chi connectivity index (χ1) is 8.24. The number of carbonyl (C=O) groups is 1. The average molecular weight is 235 g/mol. The predicted octanol–water partition coefficient (Wildman–Crippen LogP) is 2.77. The minimum atomic E-state index is -1.05. The lowest BCUT2D eigenvalue weighted by molar-refractivity contribution is -0.0792. The topological polar surface area (TPSA) is 51.3 Å². The van der Waals surface area contributed by atoms with Gasteiger partial charge in [0.1, 0.15) is 18.1 Å². The lowest BCUT2D eigenvalue weighted by Gasteiger charge is -2.01. The molecule has 0 aliphatic heterocycles. The van der Waals surface area contributed by atoms with Gasteiger partial charge in [-0.05, 0) is 24.3 Å². The van der Waals surface area contributed by atoms with Crippen LogP contribution in [-0.2, 0) is 4.94 Å². The van der Waals surface area contributed by atoms with Crippen LogP contribution in [0.5, 0.6) is 5.75 Å². The fourth-order valence-electron chi connectivity index (χ4n) is 1.51. The van der Waals surface area contributed by atoms with Gasteiger partial charge in [0, 0.05) is 15.4 Å². The Morgan fingerprint density at radius 2 is 2.29 bits per heavy atom. The highest BCUT2D eigenvalue weighted by Crippen LogP contribution is 2.22. The van der Waals surface area contributed by atoms with E-state index in [1.807, 2.05) is 0 Å². The van der Waals surface area contributed by atoms with E-state index in [9.17, 15) is 9.32 Å². The van der Waals surface area contributed by atoms with Crippen molar-refractivity contribution < 1.29 is 19.0 Å². The second kappa shape index (κ2) is 4.69. The smallest absolute Gasteiger partial charge is 0.395 e. The second-order valence-electron chi connectivity index (χ2n) is 3.40. The van der Waals surface area contributed by atoms with Gasteiger partial charge in [-0.15, -0.1) is 0 Å². The van der Waals surface area contributed by atoms with Gasteiger partial charge in [-0.3, -0.25) is 0 Å². The van der Waals surface area contributed by atoms with Gasteiger partial charge in [0.05, 0.1) is 0 Å². The molecule has 1 aromatic heterocycles. The third-order valence-electron chi connectivity index (χ3n) is 2.25. The van der Waals surface area contributed by atoms with Gasteiger partial charge in [-0.1, -0.05) is 12.7 Å². The number of carbonyl (C=O) groups excluding carboxylic acids is 1. The number of hydrogen-bond donors (Lipinski definition) is 1. The Balaban J connectivity index is 2.34. The summed E-state index contributed by atoms with van der Waals surface area (Å²) in [4.78, 5) is 16.9. The van der Waals surface area contributed by atoms with Crippen LogP contribution >= 0.6 is 0 Å². The predicted molar refractivity (Wildman–Crippen MR) is 60.5 cm³/mol. The van der Waals surface area contributed by atoms with Crippen LogP contribution in [-0.4, -0.2) is 17.6 Å². The fourth-order valence-corrected chi connectivity index (χ4v) is 1.51. The van der Waals surface area contributed by atoms with E-state index in [4.69, 9.17) is 4.74 Å². The Hall–Kier alpha value is -2.30. The molecule has 88 valence electrons. The number of halogens is 1. The molecule has 2 aromatic rings. The SMILES string of the molecule is C=CCOc1ccc2[nH]c(C(=O)OF)cc2c1. The Morgan fingerprint density at radius 3 is 3.00 bits per heavy atom. The van der Waals surface area contributed by atoms with Crippen molar-refractivity contribution in [3.8, 4) is 5.75 Å². The molecular formula is C12H10FNO3. The highest BCUT2D eigenvalue weighted by molar-refractivity contribution is 5.94. The Kier molecular flexibility index (Phi) is 3.09. The number of rotatable bonds is 4. The fraction of sp³-hybridized carbons (Fsp3) is 0.0833. The number of aromatic amines is 1. The van der Waals surface area contributed by atoms with Crippen LogP contribution in [0.4, 0.5) is 4.53 Å². The van der Waals surface area contributed by atoms with Crippen molar-refractivity contribution >= 4 is 16.9 Å². The molecule has 0 fully saturated rings. The molecule has 0 saturated carbocycles. The number of benzene rings is 1. The molecule has 17 heavy (non-hydrogen) atoms. The summed E-state index contributed by atoms with van der Waals surface area (Å²) in [5.74, 6) is -0.397. The molecule has 0 radical (unpaired) electrons. The number of hydrogen-bond acceptors (Lipinski definition) is 3. The van der Waals surface area contributed by atoms with Gasteiger partial charge in [0.25, 0.3) is 0 Å². The molecule has 0 spiro atoms. The number of fused-ring (bicyclic) bond motifs is 1. The molecule has 0 unspecified atom stereocenters. The summed E-state index contributed by atoms with van der Waals surface area (Å²) in [5, 5.41) is 0.743. The standard InChI is InChI=1S/C12H10FNO3/c1-2-5-16-9-3-4-10-8(6-9)7-11(14-10)12(15)17-13/h2-4,6-7,14H,1,5H2. The summed E-state index contributed by atoms with van der Waals surface area (Å²) >= 11 is 0. The van der Waals surface area contributed by atoms with E-state index in [1.54, 1.807) is 24.3 Å². The molecular weight excluding hydrogens is 225 g/mol. The quantitative estimate of drug-likeness (QED) is 0.829. The van der Waals surface area contributed by atoms with E-state index in [-0.39, 0.29) is 5.69 Å². The van der Waals surface area contributed by atoms with E-state index in [0.29, 0.717) is 17.9 Å². The summed E-state index contributed by atoms with van der Waals surface area (Å²) in [5.41, 5.74) is 0.764. The first-order valence-electron chi connectivity index (χ1n) is 4.94. The number of nitrogens with one attached hydrogen (secondary N) is 1. The van der Waals surface area contributed by atoms with E-state index in [2.05, 4.69) is 16.5 Å². The van der Waals surface area contributed by atoms with Crippen molar-refractivity contribution in [2.45, 2.75) is 0 Å². The largest absolute Gasteiger partial charge is 0.490 e. The molecule has 0 atom stereocenters. The first-order valence-corrected chi connectivity index (χ1v) is 4.94. The van der Waals surface area contributed by atoms with Gasteiger partial charge in [-0.25, -0.2) is 9.74 Å². The van der Waals surface area contributed by atoms with Crippen LogP contribution in [0.15, 0.2) is 36.9 Å². The van der Waals surface area contributed by atoms with Gasteiger partial charge in [0.2, 0.25) is 0 Å². The second-order valence-corrected chi connectivity index (χ2v) is 3.40. The van der Waals surface area contributed by atoms with Crippen molar-refractivity contribution in [3.05, 3.63) is 42.6 Å². The van der Waals surface area contributed by atoms with Gasteiger partial charge < -0.3 is 9.72 Å². The minimum absolute atomic E-state index is 0.0587. The molecule has 1 N–H and O–H groups in total. The van der Waals surface area contributed by atoms with Gasteiger partial charge in [0.15, 0.2) is 0 Å². The maximum atomic E-state index is 11.7. The number of H-pyrrole nitrogens is 1. The van der Waals surface area contributed by atoms with Crippen LogP contribution in [0.3, 0.4) is 0 Å². The maximum Gasteiger partial charge on any atom is 0.395 e. The zero-order chi connectivity index (χ0) is 12.3. The highest BCUT2D eigenvalue weighted by atomic mass is 19.3. The van der Waals surface area contributed by atoms with Crippen LogP contribution in [0.2, 0.25) is 0 Å². The van der Waals surface area contributed by atoms with Crippen molar-refractivity contribution in [1.29, 1.82) is 0 Å². The third-order valence-corrected chi connectivity index (χ3v) is 2.25. The lowest BCUT2D eigenvalue weighted by atomic mass is 10.2. The third kappa shape index (κ3) is 2.28. The zero-order valence-corrected chi connectivity index (χ0v) is 8.90. The number of aromatic nitrogens is 1. The zero-order valence-electron chi connectivity index (χ0n) is 8.90. The van der Waals surface area contributed by atoms with Crippen LogP contribution < -0.4 is 4.74 Å².